The van der Waals surface area contributed by atoms with Crippen molar-refractivity contribution in [2.75, 3.05) is 0 Å². The lowest BCUT2D eigenvalue weighted by Crippen LogP contribution is -2.02. The van der Waals surface area contributed by atoms with Gasteiger partial charge in [0, 0.05) is 5.56 Å². The number of H-pyrrole nitrogens is 1. The minimum atomic E-state index is -0.289. The Morgan fingerprint density at radius 2 is 1.90 bits per heavy atom. The third-order valence-electron chi connectivity index (χ3n) is 3.02. The number of nitrogens with one attached hydrogen (secondary N) is 1. The summed E-state index contributed by atoms with van der Waals surface area (Å²) in [6.45, 7) is 0.599. The first kappa shape index (κ1) is 12.7. The number of hydrogen-bond acceptors (Lipinski definition) is 2. The molecule has 2 aromatic carbocycles. The molecule has 20 heavy (non-hydrogen) atoms. The molecule has 3 nitrogen and oxygen atoms in total. The summed E-state index contributed by atoms with van der Waals surface area (Å²) in [6.07, 6.45) is 0. The van der Waals surface area contributed by atoms with E-state index in [0.717, 1.165) is 5.56 Å². The number of hydrogen-bond donors (Lipinski definition) is 1. The molecular weight excluding hydrogens is 273 g/mol. The van der Waals surface area contributed by atoms with E-state index in [-0.39, 0.29) is 5.82 Å². The molecule has 1 aromatic heterocycles. The van der Waals surface area contributed by atoms with Gasteiger partial charge in [-0.25, -0.2) is 4.39 Å². The zero-order valence-electron chi connectivity index (χ0n) is 10.6. The van der Waals surface area contributed by atoms with Gasteiger partial charge in [0.05, 0.1) is 6.54 Å². The Morgan fingerprint density at radius 3 is 2.65 bits per heavy atom. The number of aromatic amines is 1. The summed E-state index contributed by atoms with van der Waals surface area (Å²) < 4.78 is 15.7. The van der Waals surface area contributed by atoms with Crippen molar-refractivity contribution in [1.29, 1.82) is 0 Å². The van der Waals surface area contributed by atoms with Crippen LogP contribution in [0.2, 0.25) is 0 Å². The van der Waals surface area contributed by atoms with Gasteiger partial charge in [-0.15, -0.1) is 0 Å². The highest BCUT2D eigenvalue weighted by molar-refractivity contribution is 7.71. The van der Waals surface area contributed by atoms with Gasteiger partial charge in [-0.3, -0.25) is 9.67 Å². The first-order chi connectivity index (χ1) is 9.74. The summed E-state index contributed by atoms with van der Waals surface area (Å²) in [7, 11) is 0. The summed E-state index contributed by atoms with van der Waals surface area (Å²) in [5.74, 6) is 0.348. The average Bonchev–Trinajstić information content (AvgIpc) is 2.82. The van der Waals surface area contributed by atoms with Crippen LogP contribution in [0.4, 0.5) is 4.39 Å². The minimum absolute atomic E-state index is 0.289. The molecule has 0 atom stereocenters. The van der Waals surface area contributed by atoms with Crippen LogP contribution in [0.3, 0.4) is 0 Å². The molecule has 0 aliphatic heterocycles. The van der Waals surface area contributed by atoms with Crippen LogP contribution >= 0.6 is 12.2 Å². The minimum Gasteiger partial charge on any atom is -0.296 e. The normalized spacial score (nSPS) is 10.7. The van der Waals surface area contributed by atoms with Gasteiger partial charge in [0.25, 0.3) is 0 Å². The molecule has 0 amide bonds. The third kappa shape index (κ3) is 2.53. The van der Waals surface area contributed by atoms with E-state index in [1.54, 1.807) is 6.07 Å². The second kappa shape index (κ2) is 5.38. The molecular formula is C15H12FN3S. The van der Waals surface area contributed by atoms with Crippen LogP contribution in [-0.4, -0.2) is 14.8 Å². The molecule has 100 valence electrons. The highest BCUT2D eigenvalue weighted by Crippen LogP contribution is 2.19. The summed E-state index contributed by atoms with van der Waals surface area (Å²) in [6, 6.07) is 16.3. The van der Waals surface area contributed by atoms with Gasteiger partial charge in [-0.1, -0.05) is 42.5 Å². The zero-order valence-corrected chi connectivity index (χ0v) is 11.4. The van der Waals surface area contributed by atoms with Crippen molar-refractivity contribution in [3.63, 3.8) is 0 Å². The van der Waals surface area contributed by atoms with E-state index >= 15 is 0 Å². The molecule has 1 heterocycles. The number of aromatic nitrogens is 3. The van der Waals surface area contributed by atoms with E-state index in [1.165, 1.54) is 12.1 Å². The number of nitrogens with zero attached hydrogens (tertiary/aromatic N) is 2. The monoisotopic (exact) mass is 285 g/mol. The highest BCUT2D eigenvalue weighted by atomic mass is 32.1. The first-order valence-corrected chi connectivity index (χ1v) is 6.60. The van der Waals surface area contributed by atoms with Crippen molar-refractivity contribution < 1.29 is 4.39 Å². The average molecular weight is 285 g/mol. The first-order valence-electron chi connectivity index (χ1n) is 6.19. The number of benzene rings is 2. The summed E-state index contributed by atoms with van der Waals surface area (Å²) in [5, 5.41) is 6.97. The van der Waals surface area contributed by atoms with E-state index in [9.17, 15) is 4.39 Å². The van der Waals surface area contributed by atoms with Gasteiger partial charge in [-0.05, 0) is 29.9 Å². The van der Waals surface area contributed by atoms with Gasteiger partial charge in [0.15, 0.2) is 10.6 Å². The van der Waals surface area contributed by atoms with Crippen LogP contribution in [0, 0.1) is 10.6 Å². The predicted molar refractivity (Wildman–Crippen MR) is 78.3 cm³/mol. The molecule has 0 radical (unpaired) electrons. The Balaban J connectivity index is 2.04. The smallest absolute Gasteiger partial charge is 0.195 e. The Labute approximate surface area is 120 Å². The van der Waals surface area contributed by atoms with E-state index in [2.05, 4.69) is 10.2 Å². The lowest BCUT2D eigenvalue weighted by atomic mass is 10.2. The van der Waals surface area contributed by atoms with Crippen LogP contribution in [0.15, 0.2) is 54.6 Å². The SMILES string of the molecule is Fc1cccc(-c2n[nH]c(=S)n2Cc2ccccc2)c1. The molecule has 0 fully saturated rings. The molecule has 0 saturated heterocycles. The lowest BCUT2D eigenvalue weighted by molar-refractivity contribution is 0.628. The number of halogens is 1. The molecule has 0 aliphatic carbocycles. The van der Waals surface area contributed by atoms with Gasteiger partial charge in [0.2, 0.25) is 0 Å². The summed E-state index contributed by atoms with van der Waals surface area (Å²) >= 11 is 5.26. The van der Waals surface area contributed by atoms with Crippen molar-refractivity contribution in [2.24, 2.45) is 0 Å². The van der Waals surface area contributed by atoms with Gasteiger partial charge >= 0.3 is 0 Å². The number of rotatable bonds is 3. The lowest BCUT2D eigenvalue weighted by Gasteiger charge is -2.07. The molecule has 0 spiro atoms. The van der Waals surface area contributed by atoms with Crippen molar-refractivity contribution in [2.45, 2.75) is 6.54 Å². The van der Waals surface area contributed by atoms with E-state index in [0.29, 0.717) is 22.7 Å². The molecule has 0 saturated carbocycles. The fraction of sp³-hybridized carbons (Fsp3) is 0.0667. The second-order valence-corrected chi connectivity index (χ2v) is 4.82. The molecule has 5 heteroatoms. The maximum atomic E-state index is 13.3. The van der Waals surface area contributed by atoms with Gasteiger partial charge in [-0.2, -0.15) is 5.10 Å². The molecule has 0 bridgehead atoms. The van der Waals surface area contributed by atoms with Crippen molar-refractivity contribution in [1.82, 2.24) is 14.8 Å². The summed E-state index contributed by atoms with van der Waals surface area (Å²) in [4.78, 5) is 0. The fourth-order valence-electron chi connectivity index (χ4n) is 2.08. The van der Waals surface area contributed by atoms with Gasteiger partial charge in [0.1, 0.15) is 5.82 Å². The maximum absolute atomic E-state index is 13.3. The topological polar surface area (TPSA) is 33.6 Å². The zero-order chi connectivity index (χ0) is 13.9. The second-order valence-electron chi connectivity index (χ2n) is 4.43. The van der Waals surface area contributed by atoms with Crippen LogP contribution in [0.25, 0.3) is 11.4 Å². The van der Waals surface area contributed by atoms with Crippen LogP contribution < -0.4 is 0 Å². The Hall–Kier alpha value is -2.27. The van der Waals surface area contributed by atoms with Crippen molar-refractivity contribution >= 4 is 12.2 Å². The predicted octanol–water partition coefficient (Wildman–Crippen LogP) is 3.80. The van der Waals surface area contributed by atoms with Crippen molar-refractivity contribution in [3.05, 3.63) is 70.7 Å². The van der Waals surface area contributed by atoms with E-state index < -0.39 is 0 Å². The quantitative estimate of drug-likeness (QED) is 0.743. The fourth-order valence-corrected chi connectivity index (χ4v) is 2.27. The Kier molecular flexibility index (Phi) is 3.43. The maximum Gasteiger partial charge on any atom is 0.195 e. The van der Waals surface area contributed by atoms with Crippen LogP contribution in [-0.2, 0) is 6.54 Å². The Morgan fingerprint density at radius 1 is 1.10 bits per heavy atom. The Bertz CT molecular complexity index is 777. The van der Waals surface area contributed by atoms with Crippen LogP contribution in [0.5, 0.6) is 0 Å². The molecule has 3 rings (SSSR count). The molecule has 0 aliphatic rings. The van der Waals surface area contributed by atoms with Gasteiger partial charge < -0.3 is 0 Å². The largest absolute Gasteiger partial charge is 0.296 e. The van der Waals surface area contributed by atoms with E-state index in [1.807, 2.05) is 41.0 Å². The molecule has 3 aromatic rings. The standard InChI is InChI=1S/C15H12FN3S/c16-13-8-4-7-12(9-13)14-17-18-15(20)19(14)10-11-5-2-1-3-6-11/h1-9H,10H2,(H,18,20). The third-order valence-corrected chi connectivity index (χ3v) is 3.34. The van der Waals surface area contributed by atoms with Crippen molar-refractivity contribution in [3.8, 4) is 11.4 Å². The van der Waals surface area contributed by atoms with E-state index in [4.69, 9.17) is 12.2 Å². The highest BCUT2D eigenvalue weighted by Gasteiger charge is 2.09. The van der Waals surface area contributed by atoms with Crippen LogP contribution in [0.1, 0.15) is 5.56 Å². The summed E-state index contributed by atoms with van der Waals surface area (Å²) in [5.41, 5.74) is 1.82. The molecule has 1 N–H and O–H groups in total. The molecule has 0 unspecified atom stereocenters.